The normalized spacial score (nSPS) is 22.6. The summed E-state index contributed by atoms with van der Waals surface area (Å²) in [5.74, 6) is 0.860. The number of morpholine rings is 1. The van der Waals surface area contributed by atoms with Gasteiger partial charge in [0.15, 0.2) is 0 Å². The maximum Gasteiger partial charge on any atom is 0.143 e. The maximum absolute atomic E-state index is 9.30. The third-order valence-electron chi connectivity index (χ3n) is 6.30. The molecule has 2 N–H and O–H groups in total. The summed E-state index contributed by atoms with van der Waals surface area (Å²) < 4.78 is 5.49. The van der Waals surface area contributed by atoms with Crippen LogP contribution >= 0.6 is 0 Å². The zero-order chi connectivity index (χ0) is 20.3. The van der Waals surface area contributed by atoms with Crippen LogP contribution in [0.1, 0.15) is 31.4 Å². The number of anilines is 1. The molecule has 0 atom stereocenters. The summed E-state index contributed by atoms with van der Waals surface area (Å²) in [7, 11) is 0. The van der Waals surface area contributed by atoms with Crippen molar-refractivity contribution in [3.05, 3.63) is 36.4 Å². The molecule has 8 heteroatoms. The van der Waals surface area contributed by atoms with Crippen molar-refractivity contribution in [2.45, 2.75) is 37.8 Å². The lowest BCUT2D eigenvalue weighted by molar-refractivity contribution is 0.00791. The summed E-state index contributed by atoms with van der Waals surface area (Å²) in [5.41, 5.74) is 3.07. The Morgan fingerprint density at radius 2 is 1.97 bits per heavy atom. The minimum Gasteiger partial charge on any atom is -0.379 e. The molecule has 5 rings (SSSR count). The molecule has 3 heterocycles. The van der Waals surface area contributed by atoms with Gasteiger partial charge in [-0.15, -0.1) is 0 Å². The van der Waals surface area contributed by atoms with E-state index < -0.39 is 0 Å². The number of benzene rings is 1. The fourth-order valence-corrected chi connectivity index (χ4v) is 4.65. The Morgan fingerprint density at radius 1 is 1.13 bits per heavy atom. The number of ether oxygens (including phenoxy) is 1. The third-order valence-corrected chi connectivity index (χ3v) is 6.30. The first-order valence-corrected chi connectivity index (χ1v) is 10.6. The van der Waals surface area contributed by atoms with E-state index in [2.05, 4.69) is 36.5 Å². The Kier molecular flexibility index (Phi) is 5.30. The molecular weight excluding hydrogens is 378 g/mol. The van der Waals surface area contributed by atoms with Gasteiger partial charge in [-0.25, -0.2) is 9.97 Å². The fourth-order valence-electron chi connectivity index (χ4n) is 4.65. The Balaban J connectivity index is 1.33. The first kappa shape index (κ1) is 19.0. The largest absolute Gasteiger partial charge is 0.379 e. The number of rotatable bonds is 4. The van der Waals surface area contributed by atoms with Gasteiger partial charge in [0.2, 0.25) is 0 Å². The van der Waals surface area contributed by atoms with Crippen LogP contribution in [0.5, 0.6) is 0 Å². The van der Waals surface area contributed by atoms with E-state index in [1.807, 2.05) is 18.2 Å². The number of nitrogens with zero attached hydrogens (tertiary/aromatic N) is 5. The number of hydrogen-bond acceptors (Lipinski definition) is 7. The van der Waals surface area contributed by atoms with Gasteiger partial charge in [-0.05, 0) is 43.4 Å². The zero-order valence-corrected chi connectivity index (χ0v) is 16.8. The summed E-state index contributed by atoms with van der Waals surface area (Å²) in [5, 5.41) is 20.7. The van der Waals surface area contributed by atoms with Crippen molar-refractivity contribution in [2.75, 3.05) is 31.6 Å². The van der Waals surface area contributed by atoms with E-state index in [4.69, 9.17) is 4.74 Å². The van der Waals surface area contributed by atoms with Crippen LogP contribution in [-0.2, 0) is 4.74 Å². The highest BCUT2D eigenvalue weighted by atomic mass is 16.5. The molecule has 3 aromatic rings. The molecule has 0 unspecified atom stereocenters. The van der Waals surface area contributed by atoms with Crippen molar-refractivity contribution in [1.82, 2.24) is 25.1 Å². The second kappa shape index (κ2) is 8.38. The van der Waals surface area contributed by atoms with E-state index in [0.29, 0.717) is 17.8 Å². The van der Waals surface area contributed by atoms with E-state index >= 15 is 0 Å². The monoisotopic (exact) mass is 403 g/mol. The number of fused-ring (bicyclic) bond motifs is 1. The van der Waals surface area contributed by atoms with Gasteiger partial charge in [0.25, 0.3) is 0 Å². The molecule has 30 heavy (non-hydrogen) atoms. The highest BCUT2D eigenvalue weighted by Crippen LogP contribution is 2.31. The summed E-state index contributed by atoms with van der Waals surface area (Å²) in [4.78, 5) is 11.5. The smallest absolute Gasteiger partial charge is 0.143 e. The van der Waals surface area contributed by atoms with Crippen molar-refractivity contribution in [1.29, 1.82) is 5.26 Å². The molecule has 2 fully saturated rings. The highest BCUT2D eigenvalue weighted by Gasteiger charge is 2.27. The second-order valence-corrected chi connectivity index (χ2v) is 8.02. The standard InChI is InChI=1S/C22H25N7O/c23-12-21-19(13-26-28-21)15-1-6-20-18(11-15)22(25-14-24-20)27-16-2-4-17(5-3-16)29-7-9-30-10-8-29/h1,6,11,13-14,16-17H,2-5,7-10H2,(H,26,28)(H,24,25,27). The predicted molar refractivity (Wildman–Crippen MR) is 114 cm³/mol. The van der Waals surface area contributed by atoms with E-state index in [1.165, 1.54) is 12.8 Å². The van der Waals surface area contributed by atoms with Crippen LogP contribution in [0.2, 0.25) is 0 Å². The number of nitriles is 1. The molecular formula is C22H25N7O. The minimum absolute atomic E-state index is 0.410. The number of nitrogens with one attached hydrogen (secondary N) is 2. The summed E-state index contributed by atoms with van der Waals surface area (Å²) in [6.07, 6.45) is 7.96. The van der Waals surface area contributed by atoms with Crippen LogP contribution in [0.25, 0.3) is 22.0 Å². The third kappa shape index (κ3) is 3.74. The molecule has 0 amide bonds. The highest BCUT2D eigenvalue weighted by molar-refractivity contribution is 5.92. The van der Waals surface area contributed by atoms with Crippen molar-refractivity contribution >= 4 is 16.7 Å². The molecule has 1 aromatic carbocycles. The van der Waals surface area contributed by atoms with Gasteiger partial charge in [-0.3, -0.25) is 10.00 Å². The van der Waals surface area contributed by atoms with E-state index in [0.717, 1.165) is 67.0 Å². The lowest BCUT2D eigenvalue weighted by Crippen LogP contribution is -2.46. The molecule has 8 nitrogen and oxygen atoms in total. The molecule has 1 saturated carbocycles. The fraction of sp³-hybridized carbons (Fsp3) is 0.455. The number of H-pyrrole nitrogens is 1. The SMILES string of the molecule is N#Cc1[nH]ncc1-c1ccc2ncnc(NC3CCC(N4CCOCC4)CC3)c2c1. The second-order valence-electron chi connectivity index (χ2n) is 8.02. The minimum atomic E-state index is 0.410. The van der Waals surface area contributed by atoms with Crippen LogP contribution in [0.15, 0.2) is 30.7 Å². The average Bonchev–Trinajstić information content (AvgIpc) is 3.29. The Hall–Kier alpha value is -3.02. The van der Waals surface area contributed by atoms with Crippen molar-refractivity contribution in [3.8, 4) is 17.2 Å². The lowest BCUT2D eigenvalue weighted by atomic mass is 9.90. The van der Waals surface area contributed by atoms with Gasteiger partial charge in [-0.2, -0.15) is 10.4 Å². The first-order chi connectivity index (χ1) is 14.8. The molecule has 1 aliphatic carbocycles. The lowest BCUT2D eigenvalue weighted by Gasteiger charge is -2.39. The van der Waals surface area contributed by atoms with Crippen LogP contribution in [0.3, 0.4) is 0 Å². The van der Waals surface area contributed by atoms with Crippen LogP contribution in [-0.4, -0.2) is 63.5 Å². The van der Waals surface area contributed by atoms with Gasteiger partial charge >= 0.3 is 0 Å². The number of aromatic nitrogens is 4. The van der Waals surface area contributed by atoms with Gasteiger partial charge in [0.05, 0.1) is 24.9 Å². The number of hydrogen-bond donors (Lipinski definition) is 2. The summed E-state index contributed by atoms with van der Waals surface area (Å²) in [6, 6.07) is 9.23. The van der Waals surface area contributed by atoms with Crippen LogP contribution in [0.4, 0.5) is 5.82 Å². The molecule has 0 spiro atoms. The molecule has 1 aliphatic heterocycles. The van der Waals surface area contributed by atoms with Gasteiger partial charge in [-0.1, -0.05) is 6.07 Å². The molecule has 0 bridgehead atoms. The topological polar surface area (TPSA) is 103 Å². The zero-order valence-electron chi connectivity index (χ0n) is 16.8. The van der Waals surface area contributed by atoms with Crippen LogP contribution < -0.4 is 5.32 Å². The van der Waals surface area contributed by atoms with Crippen molar-refractivity contribution in [3.63, 3.8) is 0 Å². The molecule has 2 aliphatic rings. The molecule has 154 valence electrons. The molecule has 1 saturated heterocycles. The van der Waals surface area contributed by atoms with Crippen molar-refractivity contribution in [2.24, 2.45) is 0 Å². The Labute approximate surface area is 175 Å². The summed E-state index contributed by atoms with van der Waals surface area (Å²) >= 11 is 0. The molecule has 0 radical (unpaired) electrons. The van der Waals surface area contributed by atoms with Gasteiger partial charge < -0.3 is 10.1 Å². The van der Waals surface area contributed by atoms with Gasteiger partial charge in [0, 0.05) is 36.1 Å². The predicted octanol–water partition coefficient (Wildman–Crippen LogP) is 2.95. The molecule has 2 aromatic heterocycles. The van der Waals surface area contributed by atoms with E-state index in [1.54, 1.807) is 12.5 Å². The van der Waals surface area contributed by atoms with E-state index in [-0.39, 0.29) is 0 Å². The Morgan fingerprint density at radius 3 is 2.77 bits per heavy atom. The number of aromatic amines is 1. The first-order valence-electron chi connectivity index (χ1n) is 10.6. The average molecular weight is 403 g/mol. The van der Waals surface area contributed by atoms with E-state index in [9.17, 15) is 5.26 Å². The maximum atomic E-state index is 9.30. The quantitative estimate of drug-likeness (QED) is 0.690. The summed E-state index contributed by atoms with van der Waals surface area (Å²) in [6.45, 7) is 3.83. The van der Waals surface area contributed by atoms with Crippen LogP contribution in [0, 0.1) is 11.3 Å². The van der Waals surface area contributed by atoms with Crippen molar-refractivity contribution < 1.29 is 4.74 Å². The van der Waals surface area contributed by atoms with Gasteiger partial charge in [0.1, 0.15) is 23.9 Å². The Bertz CT molecular complexity index is 1060.